The normalized spacial score (nSPS) is 12.5. The Morgan fingerprint density at radius 1 is 0.630 bits per heavy atom. The van der Waals surface area contributed by atoms with E-state index in [-0.39, 0.29) is 5.97 Å². The van der Waals surface area contributed by atoms with Crippen LogP contribution in [0.3, 0.4) is 0 Å². The molecule has 0 saturated heterocycles. The lowest BCUT2D eigenvalue weighted by Crippen LogP contribution is -2.01. The molecule has 0 unspecified atom stereocenters. The Balaban J connectivity index is 3.61. The van der Waals surface area contributed by atoms with E-state index >= 15 is 0 Å². The third-order valence-corrected chi connectivity index (χ3v) is 4.11. The van der Waals surface area contributed by atoms with Gasteiger partial charge in [0.15, 0.2) is 0 Å². The van der Waals surface area contributed by atoms with E-state index in [1.54, 1.807) is 6.08 Å². The van der Waals surface area contributed by atoms with Crippen molar-refractivity contribution < 1.29 is 9.53 Å². The molecule has 0 aromatic rings. The van der Waals surface area contributed by atoms with Gasteiger partial charge in [0, 0.05) is 6.08 Å². The summed E-state index contributed by atoms with van der Waals surface area (Å²) in [4.78, 5) is 11.4. The molecule has 0 amide bonds. The number of carbonyl (C=O) groups is 1. The molecule has 0 aliphatic heterocycles. The van der Waals surface area contributed by atoms with Crippen LogP contribution in [0.25, 0.3) is 0 Å². The molecule has 0 aliphatic carbocycles. The third kappa shape index (κ3) is 22.1. The van der Waals surface area contributed by atoms with Crippen LogP contribution in [0.4, 0.5) is 0 Å². The predicted molar refractivity (Wildman–Crippen MR) is 119 cm³/mol. The zero-order valence-corrected chi connectivity index (χ0v) is 17.6. The van der Waals surface area contributed by atoms with Gasteiger partial charge >= 0.3 is 5.97 Å². The highest BCUT2D eigenvalue weighted by atomic mass is 16.5. The summed E-state index contributed by atoms with van der Waals surface area (Å²) in [5.74, 6) is -0.272. The van der Waals surface area contributed by atoms with E-state index < -0.39 is 0 Å². The summed E-state index contributed by atoms with van der Waals surface area (Å²) < 4.78 is 5.08. The van der Waals surface area contributed by atoms with Gasteiger partial charge in [-0.2, -0.15) is 0 Å². The summed E-state index contributed by atoms with van der Waals surface area (Å²) in [5, 5.41) is 0. The fourth-order valence-electron chi connectivity index (χ4n) is 2.49. The van der Waals surface area contributed by atoms with Gasteiger partial charge in [0.05, 0.1) is 6.61 Å². The molecule has 2 nitrogen and oxygen atoms in total. The largest absolute Gasteiger partial charge is 0.463 e. The van der Waals surface area contributed by atoms with Crippen molar-refractivity contribution in [3.63, 3.8) is 0 Å². The predicted octanol–water partition coefficient (Wildman–Crippen LogP) is 7.64. The minimum atomic E-state index is -0.272. The Morgan fingerprint density at radius 2 is 1.15 bits per heavy atom. The van der Waals surface area contributed by atoms with Gasteiger partial charge in [0.25, 0.3) is 0 Å². The molecular formula is C25H40O2. The lowest BCUT2D eigenvalue weighted by Gasteiger charge is -1.99. The Bertz CT molecular complexity index is 467. The minimum absolute atomic E-state index is 0.272. The van der Waals surface area contributed by atoms with Crippen molar-refractivity contribution >= 4 is 5.97 Å². The van der Waals surface area contributed by atoms with E-state index in [0.717, 1.165) is 19.3 Å². The van der Waals surface area contributed by atoms with Crippen LogP contribution in [-0.2, 0) is 9.53 Å². The molecule has 0 spiro atoms. The van der Waals surface area contributed by atoms with Crippen LogP contribution in [0, 0.1) is 0 Å². The Kier molecular flexibility index (Phi) is 20.7. The van der Waals surface area contributed by atoms with Gasteiger partial charge in [0.2, 0.25) is 0 Å². The van der Waals surface area contributed by atoms with Crippen molar-refractivity contribution in [3.05, 3.63) is 60.8 Å². The van der Waals surface area contributed by atoms with Crippen LogP contribution in [0.5, 0.6) is 0 Å². The Morgan fingerprint density at radius 3 is 1.81 bits per heavy atom. The van der Waals surface area contributed by atoms with Gasteiger partial charge < -0.3 is 4.74 Å². The summed E-state index contributed by atoms with van der Waals surface area (Å²) in [5.41, 5.74) is 0. The molecule has 0 fully saturated rings. The van der Waals surface area contributed by atoms with Crippen LogP contribution >= 0.6 is 0 Å². The number of allylic oxidation sites excluding steroid dienone is 9. The molecule has 0 N–H and O–H groups in total. The number of carbonyl (C=O) groups excluding carboxylic acids is 1. The van der Waals surface area contributed by atoms with Crippen LogP contribution < -0.4 is 0 Å². The first-order chi connectivity index (χ1) is 13.3. The van der Waals surface area contributed by atoms with E-state index in [2.05, 4.69) is 32.1 Å². The molecule has 0 aliphatic rings. The number of hydrogen-bond acceptors (Lipinski definition) is 2. The molecule has 0 aromatic carbocycles. The lowest BCUT2D eigenvalue weighted by atomic mass is 10.1. The Hall–Kier alpha value is -1.83. The first-order valence-corrected chi connectivity index (χ1v) is 10.8. The van der Waals surface area contributed by atoms with Crippen LogP contribution in [0.15, 0.2) is 60.8 Å². The van der Waals surface area contributed by atoms with Gasteiger partial charge in [-0.3, -0.25) is 0 Å². The zero-order chi connectivity index (χ0) is 19.8. The van der Waals surface area contributed by atoms with Crippen LogP contribution in [0.2, 0.25) is 0 Å². The van der Waals surface area contributed by atoms with E-state index in [9.17, 15) is 4.79 Å². The molecule has 0 heterocycles. The third-order valence-electron chi connectivity index (χ3n) is 4.11. The highest BCUT2D eigenvalue weighted by Gasteiger charge is 1.94. The molecular weight excluding hydrogens is 332 g/mol. The average Bonchev–Trinajstić information content (AvgIpc) is 2.67. The topological polar surface area (TPSA) is 26.3 Å². The summed E-state index contributed by atoms with van der Waals surface area (Å²) >= 11 is 0. The number of hydrogen-bond donors (Lipinski definition) is 0. The standard InChI is InChI=1S/C25H40O2/c1-3-5-7-8-9-10-11-12-13-14-15-16-17-18-19-20-21-23-25(26)27-24-22-6-4-2/h13-21,23H,3-12,22,24H2,1-2H3. The fourth-order valence-corrected chi connectivity index (χ4v) is 2.49. The zero-order valence-electron chi connectivity index (χ0n) is 17.6. The maximum Gasteiger partial charge on any atom is 0.330 e. The smallest absolute Gasteiger partial charge is 0.330 e. The highest BCUT2D eigenvalue weighted by Crippen LogP contribution is 2.08. The number of esters is 1. The fraction of sp³-hybridized carbons (Fsp3) is 0.560. The first kappa shape index (κ1) is 25.2. The highest BCUT2D eigenvalue weighted by molar-refractivity contribution is 5.82. The van der Waals surface area contributed by atoms with E-state index in [1.807, 2.05) is 30.4 Å². The van der Waals surface area contributed by atoms with Crippen molar-refractivity contribution in [1.82, 2.24) is 0 Å². The quantitative estimate of drug-likeness (QED) is 0.113. The minimum Gasteiger partial charge on any atom is -0.463 e. The number of unbranched alkanes of at least 4 members (excludes halogenated alkanes) is 9. The van der Waals surface area contributed by atoms with Gasteiger partial charge in [-0.05, 0) is 19.3 Å². The molecule has 2 heteroatoms. The van der Waals surface area contributed by atoms with E-state index in [1.165, 1.54) is 57.4 Å². The maximum atomic E-state index is 11.4. The van der Waals surface area contributed by atoms with Crippen molar-refractivity contribution in [1.29, 1.82) is 0 Å². The summed E-state index contributed by atoms with van der Waals surface area (Å²) in [7, 11) is 0. The summed E-state index contributed by atoms with van der Waals surface area (Å²) in [6, 6.07) is 0. The Labute approximate surface area is 167 Å². The average molecular weight is 373 g/mol. The first-order valence-electron chi connectivity index (χ1n) is 10.8. The molecule has 152 valence electrons. The second-order valence-electron chi connectivity index (χ2n) is 6.73. The monoisotopic (exact) mass is 372 g/mol. The molecule has 0 bridgehead atoms. The number of ether oxygens (including phenoxy) is 1. The molecule has 0 saturated carbocycles. The second-order valence-corrected chi connectivity index (χ2v) is 6.73. The second kappa shape index (κ2) is 22.2. The summed E-state index contributed by atoms with van der Waals surface area (Å²) in [6.45, 7) is 4.90. The molecule has 0 atom stereocenters. The SMILES string of the molecule is CCCCCCCCCC=CC=CC=CC=CC=CC(=O)OCCCCC. The maximum absolute atomic E-state index is 11.4. The van der Waals surface area contributed by atoms with Gasteiger partial charge in [-0.25, -0.2) is 4.79 Å². The van der Waals surface area contributed by atoms with E-state index in [0.29, 0.717) is 6.61 Å². The summed E-state index contributed by atoms with van der Waals surface area (Å²) in [6.07, 6.45) is 33.1. The van der Waals surface area contributed by atoms with Crippen molar-refractivity contribution in [2.75, 3.05) is 6.61 Å². The molecule has 27 heavy (non-hydrogen) atoms. The van der Waals surface area contributed by atoms with Gasteiger partial charge in [0.1, 0.15) is 0 Å². The van der Waals surface area contributed by atoms with Crippen LogP contribution in [-0.4, -0.2) is 12.6 Å². The number of rotatable bonds is 17. The molecule has 0 rings (SSSR count). The van der Waals surface area contributed by atoms with Crippen molar-refractivity contribution in [2.24, 2.45) is 0 Å². The molecule has 0 aromatic heterocycles. The van der Waals surface area contributed by atoms with Crippen molar-refractivity contribution in [3.8, 4) is 0 Å². The molecule has 0 radical (unpaired) electrons. The van der Waals surface area contributed by atoms with Crippen molar-refractivity contribution in [2.45, 2.75) is 84.5 Å². The lowest BCUT2D eigenvalue weighted by molar-refractivity contribution is -0.137. The van der Waals surface area contributed by atoms with Crippen LogP contribution in [0.1, 0.15) is 84.5 Å². The van der Waals surface area contributed by atoms with E-state index in [4.69, 9.17) is 4.74 Å². The van der Waals surface area contributed by atoms with Gasteiger partial charge in [-0.15, -0.1) is 0 Å². The van der Waals surface area contributed by atoms with Gasteiger partial charge in [-0.1, -0.05) is 120 Å².